The second-order valence-electron chi connectivity index (χ2n) is 4.22. The number of thiocarbonyl (C=S) groups is 1. The molecule has 1 unspecified atom stereocenters. The normalized spacial score (nSPS) is 11.8. The van der Waals surface area contributed by atoms with Gasteiger partial charge < -0.3 is 10.6 Å². The van der Waals surface area contributed by atoms with Gasteiger partial charge in [-0.25, -0.2) is 0 Å². The molecule has 2 rings (SSSR count). The fourth-order valence-electron chi connectivity index (χ4n) is 1.68. The van der Waals surface area contributed by atoms with Gasteiger partial charge in [0.2, 0.25) is 0 Å². The zero-order chi connectivity index (χ0) is 14.5. The number of hydrogen-bond donors (Lipinski definition) is 2. The first-order valence-electron chi connectivity index (χ1n) is 5.99. The van der Waals surface area contributed by atoms with E-state index in [1.165, 1.54) is 0 Å². The van der Waals surface area contributed by atoms with E-state index in [0.29, 0.717) is 15.2 Å². The van der Waals surface area contributed by atoms with Crippen LogP contribution in [0.2, 0.25) is 10.0 Å². The van der Waals surface area contributed by atoms with Gasteiger partial charge in [0, 0.05) is 17.4 Å². The number of anilines is 1. The molecule has 1 aromatic heterocycles. The summed E-state index contributed by atoms with van der Waals surface area (Å²) >= 11 is 17.2. The van der Waals surface area contributed by atoms with Gasteiger partial charge >= 0.3 is 0 Å². The largest absolute Gasteiger partial charge is 0.356 e. The smallest absolute Gasteiger partial charge is 0.171 e. The van der Waals surface area contributed by atoms with Crippen molar-refractivity contribution >= 4 is 46.2 Å². The Labute approximate surface area is 133 Å². The fraction of sp³-hybridized carbons (Fsp3) is 0.143. The summed E-state index contributed by atoms with van der Waals surface area (Å²) in [5.74, 6) is 0. The van der Waals surface area contributed by atoms with Gasteiger partial charge in [-0.05, 0) is 55.0 Å². The maximum atomic E-state index is 6.08. The van der Waals surface area contributed by atoms with Crippen molar-refractivity contribution in [3.8, 4) is 0 Å². The predicted octanol–water partition coefficient (Wildman–Crippen LogP) is 4.44. The van der Waals surface area contributed by atoms with E-state index in [1.807, 2.05) is 19.1 Å². The number of benzene rings is 1. The predicted molar refractivity (Wildman–Crippen MR) is 88.5 cm³/mol. The van der Waals surface area contributed by atoms with Crippen LogP contribution in [0, 0.1) is 0 Å². The van der Waals surface area contributed by atoms with Crippen LogP contribution in [0.25, 0.3) is 0 Å². The van der Waals surface area contributed by atoms with Gasteiger partial charge in [0.25, 0.3) is 0 Å². The van der Waals surface area contributed by atoms with E-state index in [-0.39, 0.29) is 6.04 Å². The molecular weight excluding hydrogens is 313 g/mol. The van der Waals surface area contributed by atoms with Crippen molar-refractivity contribution < 1.29 is 0 Å². The summed E-state index contributed by atoms with van der Waals surface area (Å²) in [5.41, 5.74) is 1.82. The third kappa shape index (κ3) is 4.07. The molecule has 0 aliphatic carbocycles. The SMILES string of the molecule is CC(NC(=S)Nc1ccc(Cl)cc1Cl)c1ccncc1. The molecule has 0 saturated heterocycles. The van der Waals surface area contributed by atoms with Crippen LogP contribution in [0.15, 0.2) is 42.7 Å². The Balaban J connectivity index is 1.99. The Kier molecular flexibility index (Phi) is 5.17. The molecule has 0 amide bonds. The summed E-state index contributed by atoms with van der Waals surface area (Å²) in [6.07, 6.45) is 3.50. The molecular formula is C14H13Cl2N3S. The molecule has 0 aliphatic heterocycles. The average molecular weight is 326 g/mol. The van der Waals surface area contributed by atoms with Gasteiger partial charge in [-0.2, -0.15) is 0 Å². The van der Waals surface area contributed by atoms with Crippen LogP contribution < -0.4 is 10.6 Å². The first-order chi connectivity index (χ1) is 9.56. The lowest BCUT2D eigenvalue weighted by Gasteiger charge is -2.17. The Bertz CT molecular complexity index is 605. The van der Waals surface area contributed by atoms with Gasteiger partial charge in [-0.1, -0.05) is 23.2 Å². The zero-order valence-corrected chi connectivity index (χ0v) is 13.1. The molecule has 0 bridgehead atoms. The summed E-state index contributed by atoms with van der Waals surface area (Å²) in [6.45, 7) is 2.02. The van der Waals surface area contributed by atoms with Crippen LogP contribution in [-0.2, 0) is 0 Å². The van der Waals surface area contributed by atoms with Gasteiger partial charge in [0.05, 0.1) is 16.8 Å². The average Bonchev–Trinajstić information content (AvgIpc) is 2.43. The number of pyridine rings is 1. The van der Waals surface area contributed by atoms with Gasteiger partial charge in [0.1, 0.15) is 0 Å². The van der Waals surface area contributed by atoms with E-state index < -0.39 is 0 Å². The van der Waals surface area contributed by atoms with Crippen LogP contribution >= 0.6 is 35.4 Å². The number of aromatic nitrogens is 1. The standard InChI is InChI=1S/C14H13Cl2N3S/c1-9(10-4-6-17-7-5-10)18-14(20)19-13-3-2-11(15)8-12(13)16/h2-9H,1H3,(H2,18,19,20). The van der Waals surface area contributed by atoms with Crippen molar-refractivity contribution in [2.75, 3.05) is 5.32 Å². The van der Waals surface area contributed by atoms with Crippen molar-refractivity contribution in [2.45, 2.75) is 13.0 Å². The van der Waals surface area contributed by atoms with Crippen LogP contribution in [0.1, 0.15) is 18.5 Å². The summed E-state index contributed by atoms with van der Waals surface area (Å²) in [5, 5.41) is 7.85. The molecule has 0 radical (unpaired) electrons. The Morgan fingerprint density at radius 1 is 1.20 bits per heavy atom. The number of halogens is 2. The van der Waals surface area contributed by atoms with E-state index in [0.717, 1.165) is 11.3 Å². The minimum absolute atomic E-state index is 0.0732. The monoisotopic (exact) mass is 325 g/mol. The summed E-state index contributed by atoms with van der Waals surface area (Å²) in [7, 11) is 0. The molecule has 6 heteroatoms. The first kappa shape index (κ1) is 15.0. The maximum Gasteiger partial charge on any atom is 0.171 e. The first-order valence-corrected chi connectivity index (χ1v) is 7.15. The van der Waals surface area contributed by atoms with Crippen LogP contribution in [0.5, 0.6) is 0 Å². The molecule has 2 N–H and O–H groups in total. The maximum absolute atomic E-state index is 6.08. The summed E-state index contributed by atoms with van der Waals surface area (Å²) in [4.78, 5) is 3.99. The molecule has 104 valence electrons. The Hall–Kier alpha value is -1.36. The van der Waals surface area contributed by atoms with E-state index in [1.54, 1.807) is 30.6 Å². The third-order valence-corrected chi connectivity index (χ3v) is 3.50. The minimum Gasteiger partial charge on any atom is -0.356 e. The number of hydrogen-bond acceptors (Lipinski definition) is 2. The summed E-state index contributed by atoms with van der Waals surface area (Å²) in [6, 6.07) is 9.16. The lowest BCUT2D eigenvalue weighted by Crippen LogP contribution is -2.31. The van der Waals surface area contributed by atoms with Crippen molar-refractivity contribution in [1.82, 2.24) is 10.3 Å². The van der Waals surface area contributed by atoms with E-state index in [4.69, 9.17) is 35.4 Å². The second kappa shape index (κ2) is 6.88. The highest BCUT2D eigenvalue weighted by atomic mass is 35.5. The van der Waals surface area contributed by atoms with Crippen molar-refractivity contribution in [1.29, 1.82) is 0 Å². The quantitative estimate of drug-likeness (QED) is 0.818. The third-order valence-electron chi connectivity index (χ3n) is 2.73. The van der Waals surface area contributed by atoms with Crippen LogP contribution in [0.3, 0.4) is 0 Å². The molecule has 0 aliphatic rings. The van der Waals surface area contributed by atoms with Gasteiger partial charge in [-0.15, -0.1) is 0 Å². The van der Waals surface area contributed by atoms with Crippen molar-refractivity contribution in [3.05, 3.63) is 58.3 Å². The van der Waals surface area contributed by atoms with Crippen LogP contribution in [-0.4, -0.2) is 10.1 Å². The Morgan fingerprint density at radius 3 is 2.55 bits per heavy atom. The highest BCUT2D eigenvalue weighted by Gasteiger charge is 2.08. The van der Waals surface area contributed by atoms with Crippen molar-refractivity contribution in [3.63, 3.8) is 0 Å². The lowest BCUT2D eigenvalue weighted by atomic mass is 10.1. The number of rotatable bonds is 3. The fourth-order valence-corrected chi connectivity index (χ4v) is 2.42. The number of nitrogens with zero attached hydrogens (tertiary/aromatic N) is 1. The second-order valence-corrected chi connectivity index (χ2v) is 5.48. The number of nitrogens with one attached hydrogen (secondary N) is 2. The van der Waals surface area contributed by atoms with Gasteiger partial charge in [-0.3, -0.25) is 4.98 Å². The Morgan fingerprint density at radius 2 is 1.90 bits per heavy atom. The molecule has 0 saturated carbocycles. The topological polar surface area (TPSA) is 37.0 Å². The molecule has 0 fully saturated rings. The minimum atomic E-state index is 0.0732. The van der Waals surface area contributed by atoms with E-state index in [9.17, 15) is 0 Å². The zero-order valence-electron chi connectivity index (χ0n) is 10.7. The molecule has 3 nitrogen and oxygen atoms in total. The molecule has 1 atom stereocenters. The molecule has 1 aromatic carbocycles. The van der Waals surface area contributed by atoms with E-state index >= 15 is 0 Å². The van der Waals surface area contributed by atoms with Crippen LogP contribution in [0.4, 0.5) is 5.69 Å². The highest BCUT2D eigenvalue weighted by molar-refractivity contribution is 7.80. The van der Waals surface area contributed by atoms with Crippen molar-refractivity contribution in [2.24, 2.45) is 0 Å². The molecule has 2 aromatic rings. The van der Waals surface area contributed by atoms with E-state index in [2.05, 4.69) is 15.6 Å². The molecule has 20 heavy (non-hydrogen) atoms. The lowest BCUT2D eigenvalue weighted by molar-refractivity contribution is 0.721. The highest BCUT2D eigenvalue weighted by Crippen LogP contribution is 2.25. The van der Waals surface area contributed by atoms with Gasteiger partial charge in [0.15, 0.2) is 5.11 Å². The molecule has 0 spiro atoms. The summed E-state index contributed by atoms with van der Waals surface area (Å²) < 4.78 is 0. The molecule has 1 heterocycles.